The highest BCUT2D eigenvalue weighted by atomic mass is 127. The van der Waals surface area contributed by atoms with Crippen LogP contribution in [-0.4, -0.2) is 41.8 Å². The van der Waals surface area contributed by atoms with Gasteiger partial charge in [-0.2, -0.15) is 0 Å². The molecule has 34 heavy (non-hydrogen) atoms. The van der Waals surface area contributed by atoms with Crippen LogP contribution in [0.15, 0.2) is 41.3 Å². The Morgan fingerprint density at radius 1 is 1.24 bits per heavy atom. The largest absolute Gasteiger partial charge is 0.493 e. The van der Waals surface area contributed by atoms with Crippen molar-refractivity contribution in [1.29, 1.82) is 0 Å². The van der Waals surface area contributed by atoms with Crippen molar-refractivity contribution < 1.29 is 28.6 Å². The summed E-state index contributed by atoms with van der Waals surface area (Å²) in [6.45, 7) is 3.55. The Labute approximate surface area is 220 Å². The van der Waals surface area contributed by atoms with Crippen LogP contribution in [0.1, 0.15) is 31.4 Å². The summed E-state index contributed by atoms with van der Waals surface area (Å²) in [5.74, 6) is -0.0935. The second-order valence-electron chi connectivity index (χ2n) is 7.43. The number of carbonyl (C=O) groups is 3. The van der Waals surface area contributed by atoms with Crippen LogP contribution in [0, 0.1) is 3.57 Å². The second-order valence-corrected chi connectivity index (χ2v) is 10.0. The first-order chi connectivity index (χ1) is 16.2. The molecule has 1 atom stereocenters. The topological polar surface area (TPSA) is 82.1 Å². The lowest BCUT2D eigenvalue weighted by Crippen LogP contribution is -2.35. The lowest BCUT2D eigenvalue weighted by atomic mass is 10.1. The first kappa shape index (κ1) is 26.4. The molecule has 1 fully saturated rings. The van der Waals surface area contributed by atoms with Crippen LogP contribution in [0.3, 0.4) is 0 Å². The van der Waals surface area contributed by atoms with Gasteiger partial charge in [-0.3, -0.25) is 19.3 Å². The molecule has 180 valence electrons. The minimum Gasteiger partial charge on any atom is -0.493 e. The van der Waals surface area contributed by atoms with E-state index in [1.165, 1.54) is 7.11 Å². The van der Waals surface area contributed by atoms with Gasteiger partial charge in [-0.05, 0) is 89.2 Å². The van der Waals surface area contributed by atoms with Crippen molar-refractivity contribution in [2.75, 3.05) is 13.7 Å². The van der Waals surface area contributed by atoms with E-state index in [9.17, 15) is 14.4 Å². The van der Waals surface area contributed by atoms with Gasteiger partial charge < -0.3 is 14.2 Å². The maximum atomic E-state index is 12.7. The van der Waals surface area contributed by atoms with E-state index in [1.807, 2.05) is 25.1 Å². The van der Waals surface area contributed by atoms with Gasteiger partial charge in [0.25, 0.3) is 11.1 Å². The number of nitrogens with zero attached hydrogens (tertiary/aromatic N) is 1. The maximum Gasteiger partial charge on any atom is 0.326 e. The standard InChI is InChI=1S/C24H23ClINO6S/c1-4-14(2)33-21(28)12-27-23(29)20(34-24(27)30)11-16-9-18(26)22(19(10-16)31-3)32-13-15-5-7-17(25)8-6-15/h5-11,14H,4,12-13H2,1-3H3/b20-11+/t14-/m0/s1. The van der Waals surface area contributed by atoms with Crippen molar-refractivity contribution in [1.82, 2.24) is 4.90 Å². The number of rotatable bonds is 9. The van der Waals surface area contributed by atoms with E-state index in [2.05, 4.69) is 22.6 Å². The molecule has 3 rings (SSSR count). The first-order valence-electron chi connectivity index (χ1n) is 10.4. The zero-order valence-corrected chi connectivity index (χ0v) is 22.5. The Balaban J connectivity index is 1.75. The third kappa shape index (κ3) is 6.67. The van der Waals surface area contributed by atoms with Crippen molar-refractivity contribution in [3.63, 3.8) is 0 Å². The number of methoxy groups -OCH3 is 1. The minimum absolute atomic E-state index is 0.217. The van der Waals surface area contributed by atoms with Gasteiger partial charge in [0.1, 0.15) is 13.2 Å². The van der Waals surface area contributed by atoms with Gasteiger partial charge in [0.2, 0.25) is 0 Å². The monoisotopic (exact) mass is 615 g/mol. The summed E-state index contributed by atoms with van der Waals surface area (Å²) in [5, 5.41) is 0.138. The molecule has 0 unspecified atom stereocenters. The van der Waals surface area contributed by atoms with Crippen molar-refractivity contribution in [2.45, 2.75) is 33.0 Å². The molecule has 1 saturated heterocycles. The molecule has 2 amide bonds. The normalized spacial score (nSPS) is 15.6. The summed E-state index contributed by atoms with van der Waals surface area (Å²) < 4.78 is 17.4. The van der Waals surface area contributed by atoms with Crippen molar-refractivity contribution in [3.05, 3.63) is 61.0 Å². The highest BCUT2D eigenvalue weighted by molar-refractivity contribution is 14.1. The average molecular weight is 616 g/mol. The molecule has 0 aliphatic carbocycles. The molecule has 0 bridgehead atoms. The predicted molar refractivity (Wildman–Crippen MR) is 140 cm³/mol. The van der Waals surface area contributed by atoms with Crippen LogP contribution in [0.5, 0.6) is 11.5 Å². The molecular weight excluding hydrogens is 593 g/mol. The Bertz CT molecular complexity index is 1120. The number of imide groups is 1. The van der Waals surface area contributed by atoms with E-state index in [0.717, 1.165) is 25.8 Å². The van der Waals surface area contributed by atoms with Gasteiger partial charge in [0.15, 0.2) is 11.5 Å². The number of hydrogen-bond acceptors (Lipinski definition) is 7. The molecule has 0 saturated carbocycles. The molecule has 0 N–H and O–H groups in total. The maximum absolute atomic E-state index is 12.7. The molecule has 7 nitrogen and oxygen atoms in total. The molecule has 2 aromatic carbocycles. The second kappa shape index (κ2) is 11.9. The van der Waals surface area contributed by atoms with Crippen molar-refractivity contribution >= 4 is 69.1 Å². The molecule has 1 heterocycles. The summed E-state index contributed by atoms with van der Waals surface area (Å²) in [7, 11) is 1.53. The van der Waals surface area contributed by atoms with Crippen molar-refractivity contribution in [3.8, 4) is 11.5 Å². The Morgan fingerprint density at radius 3 is 2.59 bits per heavy atom. The van der Waals surface area contributed by atoms with Gasteiger partial charge in [-0.25, -0.2) is 0 Å². The predicted octanol–water partition coefficient (Wildman–Crippen LogP) is 5.91. The fourth-order valence-corrected chi connectivity index (χ4v) is 4.71. The zero-order valence-electron chi connectivity index (χ0n) is 18.8. The number of esters is 1. The van der Waals surface area contributed by atoms with E-state index in [0.29, 0.717) is 35.1 Å². The Hall–Kier alpha value is -2.24. The Morgan fingerprint density at radius 2 is 1.94 bits per heavy atom. The van der Waals surface area contributed by atoms with Crippen LogP contribution < -0.4 is 9.47 Å². The first-order valence-corrected chi connectivity index (χ1v) is 12.7. The molecule has 0 radical (unpaired) electrons. The smallest absolute Gasteiger partial charge is 0.326 e. The highest BCUT2D eigenvalue weighted by Gasteiger charge is 2.37. The van der Waals surface area contributed by atoms with Crippen LogP contribution in [-0.2, 0) is 20.9 Å². The molecule has 0 aromatic heterocycles. The molecular formula is C24H23ClINO6S. The summed E-state index contributed by atoms with van der Waals surface area (Å²) in [4.78, 5) is 38.2. The van der Waals surface area contributed by atoms with E-state index < -0.39 is 23.7 Å². The van der Waals surface area contributed by atoms with Crippen LogP contribution in [0.25, 0.3) is 6.08 Å². The van der Waals surface area contributed by atoms with Gasteiger partial charge in [-0.1, -0.05) is 30.7 Å². The number of halogens is 2. The number of benzene rings is 2. The average Bonchev–Trinajstić information content (AvgIpc) is 3.06. The van der Waals surface area contributed by atoms with E-state index in [1.54, 1.807) is 31.2 Å². The number of amides is 2. The quantitative estimate of drug-likeness (QED) is 0.197. The molecule has 2 aromatic rings. The third-order valence-corrected chi connectivity index (χ3v) is 6.87. The molecule has 1 aliphatic heterocycles. The SMILES string of the molecule is CC[C@H](C)OC(=O)CN1C(=O)S/C(=C/c2cc(I)c(OCc3ccc(Cl)cc3)c(OC)c2)C1=O. The summed E-state index contributed by atoms with van der Waals surface area (Å²) in [6.07, 6.45) is 1.96. The van der Waals surface area contributed by atoms with E-state index >= 15 is 0 Å². The number of ether oxygens (including phenoxy) is 3. The van der Waals surface area contributed by atoms with Crippen molar-refractivity contribution in [2.24, 2.45) is 0 Å². The summed E-state index contributed by atoms with van der Waals surface area (Å²) in [5.41, 5.74) is 1.61. The van der Waals surface area contributed by atoms with Gasteiger partial charge in [-0.15, -0.1) is 0 Å². The lowest BCUT2D eigenvalue weighted by molar-refractivity contribution is -0.150. The third-order valence-electron chi connectivity index (χ3n) is 4.91. The molecule has 10 heteroatoms. The fraction of sp³-hybridized carbons (Fsp3) is 0.292. The lowest BCUT2D eigenvalue weighted by Gasteiger charge is -2.15. The molecule has 0 spiro atoms. The van der Waals surface area contributed by atoms with Gasteiger partial charge in [0.05, 0.1) is 21.7 Å². The minimum atomic E-state index is -0.615. The zero-order chi connectivity index (χ0) is 24.8. The van der Waals surface area contributed by atoms with Crippen LogP contribution >= 0.6 is 46.0 Å². The number of carbonyl (C=O) groups excluding carboxylic acids is 3. The highest BCUT2D eigenvalue weighted by Crippen LogP contribution is 2.37. The number of thioether (sulfide) groups is 1. The van der Waals surface area contributed by atoms with Crippen LogP contribution in [0.4, 0.5) is 4.79 Å². The van der Waals surface area contributed by atoms with Gasteiger partial charge in [0, 0.05) is 5.02 Å². The fourth-order valence-electron chi connectivity index (χ4n) is 2.96. The van der Waals surface area contributed by atoms with Crippen LogP contribution in [0.2, 0.25) is 5.02 Å². The van der Waals surface area contributed by atoms with E-state index in [4.69, 9.17) is 25.8 Å². The summed E-state index contributed by atoms with van der Waals surface area (Å²) >= 11 is 8.84. The van der Waals surface area contributed by atoms with E-state index in [-0.39, 0.29) is 11.0 Å². The summed E-state index contributed by atoms with van der Waals surface area (Å²) in [6, 6.07) is 10.9. The molecule has 1 aliphatic rings. The Kier molecular flexibility index (Phi) is 9.26. The van der Waals surface area contributed by atoms with Gasteiger partial charge >= 0.3 is 5.97 Å². The number of hydrogen-bond donors (Lipinski definition) is 0.